The third-order valence-corrected chi connectivity index (χ3v) is 4.39. The summed E-state index contributed by atoms with van der Waals surface area (Å²) in [5, 5.41) is 5.10. The maximum atomic E-state index is 12.3. The molecule has 4 nitrogen and oxygen atoms in total. The van der Waals surface area contributed by atoms with Gasteiger partial charge in [-0.1, -0.05) is 6.07 Å². The predicted molar refractivity (Wildman–Crippen MR) is 77.4 cm³/mol. The van der Waals surface area contributed by atoms with Gasteiger partial charge in [0.25, 0.3) is 0 Å². The first-order valence-electron chi connectivity index (χ1n) is 6.78. The van der Waals surface area contributed by atoms with Crippen molar-refractivity contribution in [1.82, 2.24) is 10.2 Å². The Morgan fingerprint density at radius 1 is 1.63 bits per heavy atom. The Hall–Kier alpha value is -1.07. The Bertz CT molecular complexity index is 390. The Labute approximate surface area is 118 Å². The van der Waals surface area contributed by atoms with Gasteiger partial charge in [0.2, 0.25) is 0 Å². The number of ether oxygens (including phenoxy) is 1. The molecule has 0 spiro atoms. The second kappa shape index (κ2) is 6.91. The zero-order chi connectivity index (χ0) is 13.7. The van der Waals surface area contributed by atoms with E-state index in [1.807, 2.05) is 23.3 Å². The van der Waals surface area contributed by atoms with Crippen LogP contribution in [-0.2, 0) is 4.74 Å². The van der Waals surface area contributed by atoms with Crippen LogP contribution in [0, 0.1) is 5.92 Å². The van der Waals surface area contributed by atoms with Crippen LogP contribution in [-0.4, -0.2) is 37.7 Å². The number of nitrogens with one attached hydrogen (secondary N) is 1. The number of methoxy groups -OCH3 is 1. The molecule has 19 heavy (non-hydrogen) atoms. The molecule has 106 valence electrons. The monoisotopic (exact) mass is 282 g/mol. The highest BCUT2D eigenvalue weighted by molar-refractivity contribution is 7.10. The van der Waals surface area contributed by atoms with E-state index in [4.69, 9.17) is 4.74 Å². The Morgan fingerprint density at radius 3 is 3.00 bits per heavy atom. The van der Waals surface area contributed by atoms with Crippen LogP contribution in [0.4, 0.5) is 4.79 Å². The van der Waals surface area contributed by atoms with Crippen LogP contribution in [0.5, 0.6) is 0 Å². The number of amides is 2. The van der Waals surface area contributed by atoms with Crippen molar-refractivity contribution < 1.29 is 9.53 Å². The summed E-state index contributed by atoms with van der Waals surface area (Å²) >= 11 is 1.67. The van der Waals surface area contributed by atoms with E-state index in [-0.39, 0.29) is 12.1 Å². The average molecular weight is 282 g/mol. The third-order valence-electron chi connectivity index (χ3n) is 3.34. The van der Waals surface area contributed by atoms with Gasteiger partial charge in [0.05, 0.1) is 12.6 Å². The molecule has 1 heterocycles. The summed E-state index contributed by atoms with van der Waals surface area (Å²) in [7, 11) is 1.67. The fourth-order valence-corrected chi connectivity index (χ4v) is 2.71. The lowest BCUT2D eigenvalue weighted by Gasteiger charge is -2.24. The van der Waals surface area contributed by atoms with Gasteiger partial charge in [-0.3, -0.25) is 0 Å². The number of thiophene rings is 1. The van der Waals surface area contributed by atoms with Gasteiger partial charge < -0.3 is 15.0 Å². The summed E-state index contributed by atoms with van der Waals surface area (Å²) in [5.41, 5.74) is 0. The fourth-order valence-electron chi connectivity index (χ4n) is 1.97. The Balaban J connectivity index is 1.86. The highest BCUT2D eigenvalue weighted by Crippen LogP contribution is 2.29. The number of carbonyl (C=O) groups is 1. The molecule has 0 aromatic carbocycles. The van der Waals surface area contributed by atoms with Gasteiger partial charge in [-0.25, -0.2) is 4.79 Å². The summed E-state index contributed by atoms with van der Waals surface area (Å²) in [6.07, 6.45) is 2.49. The van der Waals surface area contributed by atoms with Crippen LogP contribution < -0.4 is 5.32 Å². The van der Waals surface area contributed by atoms with E-state index in [1.165, 1.54) is 17.7 Å². The van der Waals surface area contributed by atoms with Crippen molar-refractivity contribution >= 4 is 17.4 Å². The maximum Gasteiger partial charge on any atom is 0.317 e. The molecule has 2 rings (SSSR count). The van der Waals surface area contributed by atoms with Crippen molar-refractivity contribution in [1.29, 1.82) is 0 Å². The van der Waals surface area contributed by atoms with Gasteiger partial charge >= 0.3 is 6.03 Å². The summed E-state index contributed by atoms with van der Waals surface area (Å²) < 4.78 is 5.08. The first kappa shape index (κ1) is 14.3. The molecule has 1 N–H and O–H groups in total. The Morgan fingerprint density at radius 2 is 2.42 bits per heavy atom. The summed E-state index contributed by atoms with van der Waals surface area (Å²) in [4.78, 5) is 15.3. The molecule has 1 aromatic heterocycles. The summed E-state index contributed by atoms with van der Waals surface area (Å²) in [6.45, 7) is 4.13. The first-order chi connectivity index (χ1) is 9.20. The van der Waals surface area contributed by atoms with Crippen molar-refractivity contribution in [3.63, 3.8) is 0 Å². The SMILES string of the molecule is COCCN(CC1CC1)C(=O)NC(C)c1cccs1. The van der Waals surface area contributed by atoms with Gasteiger partial charge in [-0.05, 0) is 37.1 Å². The molecular weight excluding hydrogens is 260 g/mol. The van der Waals surface area contributed by atoms with E-state index in [1.54, 1.807) is 18.4 Å². The zero-order valence-electron chi connectivity index (χ0n) is 11.6. The largest absolute Gasteiger partial charge is 0.383 e. The van der Waals surface area contributed by atoms with Crippen LogP contribution in [0.3, 0.4) is 0 Å². The van der Waals surface area contributed by atoms with Crippen molar-refractivity contribution in [2.24, 2.45) is 5.92 Å². The minimum atomic E-state index is 0.0184. The topological polar surface area (TPSA) is 41.6 Å². The number of urea groups is 1. The lowest BCUT2D eigenvalue weighted by molar-refractivity contribution is 0.145. The molecule has 0 aliphatic heterocycles. The molecule has 0 radical (unpaired) electrons. The van der Waals surface area contributed by atoms with Crippen molar-refractivity contribution in [2.75, 3.05) is 26.8 Å². The van der Waals surface area contributed by atoms with Gasteiger partial charge in [-0.15, -0.1) is 11.3 Å². The first-order valence-corrected chi connectivity index (χ1v) is 7.66. The van der Waals surface area contributed by atoms with Gasteiger partial charge in [0, 0.05) is 25.1 Å². The predicted octanol–water partition coefficient (Wildman–Crippen LogP) is 2.88. The molecule has 5 heteroatoms. The quantitative estimate of drug-likeness (QED) is 0.835. The summed E-state index contributed by atoms with van der Waals surface area (Å²) in [6, 6.07) is 4.15. The van der Waals surface area contributed by atoms with Gasteiger partial charge in [0.1, 0.15) is 0 Å². The molecule has 1 aliphatic rings. The molecular formula is C14H22N2O2S. The van der Waals surface area contributed by atoms with E-state index in [9.17, 15) is 4.79 Å². The molecule has 1 aromatic rings. The smallest absolute Gasteiger partial charge is 0.317 e. The highest BCUT2D eigenvalue weighted by Gasteiger charge is 2.27. The molecule has 1 aliphatic carbocycles. The van der Waals surface area contributed by atoms with E-state index in [0.717, 1.165) is 6.54 Å². The lowest BCUT2D eigenvalue weighted by atomic mass is 10.3. The highest BCUT2D eigenvalue weighted by atomic mass is 32.1. The minimum absolute atomic E-state index is 0.0184. The molecule has 1 atom stereocenters. The number of rotatable bonds is 7. The van der Waals surface area contributed by atoms with Crippen LogP contribution in [0.25, 0.3) is 0 Å². The average Bonchev–Trinajstić information content (AvgIpc) is 3.04. The molecule has 2 amide bonds. The third kappa shape index (κ3) is 4.51. The van der Waals surface area contributed by atoms with E-state index in [0.29, 0.717) is 19.1 Å². The molecule has 1 fully saturated rings. The Kier molecular flexibility index (Phi) is 5.22. The normalized spacial score (nSPS) is 16.1. The standard InChI is InChI=1S/C14H22N2O2S/c1-11(13-4-3-9-19-13)15-14(17)16(7-8-18-2)10-12-5-6-12/h3-4,9,11-12H,5-8,10H2,1-2H3,(H,15,17). The zero-order valence-corrected chi connectivity index (χ0v) is 12.4. The van der Waals surface area contributed by atoms with Crippen molar-refractivity contribution in [3.05, 3.63) is 22.4 Å². The minimum Gasteiger partial charge on any atom is -0.383 e. The molecule has 0 saturated heterocycles. The number of hydrogen-bond acceptors (Lipinski definition) is 3. The second-order valence-electron chi connectivity index (χ2n) is 5.07. The van der Waals surface area contributed by atoms with Gasteiger partial charge in [0.15, 0.2) is 0 Å². The second-order valence-corrected chi connectivity index (χ2v) is 6.05. The van der Waals surface area contributed by atoms with Crippen LogP contribution in [0.15, 0.2) is 17.5 Å². The van der Waals surface area contributed by atoms with Crippen LogP contribution in [0.1, 0.15) is 30.7 Å². The number of nitrogens with zero attached hydrogens (tertiary/aromatic N) is 1. The van der Waals surface area contributed by atoms with Crippen LogP contribution in [0.2, 0.25) is 0 Å². The number of carbonyl (C=O) groups excluding carboxylic acids is 1. The molecule has 1 saturated carbocycles. The van der Waals surface area contributed by atoms with Crippen molar-refractivity contribution in [3.8, 4) is 0 Å². The van der Waals surface area contributed by atoms with E-state index in [2.05, 4.69) is 11.4 Å². The van der Waals surface area contributed by atoms with E-state index >= 15 is 0 Å². The van der Waals surface area contributed by atoms with Gasteiger partial charge in [-0.2, -0.15) is 0 Å². The maximum absolute atomic E-state index is 12.3. The molecule has 0 bridgehead atoms. The van der Waals surface area contributed by atoms with Crippen LogP contribution >= 0.6 is 11.3 Å². The lowest BCUT2D eigenvalue weighted by Crippen LogP contribution is -2.43. The fraction of sp³-hybridized carbons (Fsp3) is 0.643. The number of hydrogen-bond donors (Lipinski definition) is 1. The van der Waals surface area contributed by atoms with Crippen molar-refractivity contribution in [2.45, 2.75) is 25.8 Å². The summed E-state index contributed by atoms with van der Waals surface area (Å²) in [5.74, 6) is 0.694. The molecule has 1 unspecified atom stereocenters. The van der Waals surface area contributed by atoms with E-state index < -0.39 is 0 Å².